The Morgan fingerprint density at radius 3 is 2.32 bits per heavy atom. The molecule has 0 unspecified atom stereocenters. The van der Waals surface area contributed by atoms with Crippen LogP contribution in [0.2, 0.25) is 0 Å². The maximum Gasteiger partial charge on any atom is 0.273 e. The lowest BCUT2D eigenvalue weighted by Gasteiger charge is -2.23. The molecule has 22 heavy (non-hydrogen) atoms. The molecular formula is C21H20O. The highest BCUT2D eigenvalue weighted by molar-refractivity contribution is 5.75. The van der Waals surface area contributed by atoms with Crippen LogP contribution in [0.3, 0.4) is 0 Å². The number of rotatable bonds is 2. The minimum Gasteiger partial charge on any atom is -0.340 e. The van der Waals surface area contributed by atoms with Crippen molar-refractivity contribution in [2.45, 2.75) is 37.7 Å². The Hall–Kier alpha value is -2.33. The van der Waals surface area contributed by atoms with Crippen LogP contribution in [0.25, 0.3) is 0 Å². The van der Waals surface area contributed by atoms with Crippen LogP contribution in [-0.2, 0) is 4.42 Å². The molecule has 0 aromatic heterocycles. The van der Waals surface area contributed by atoms with E-state index in [0.717, 1.165) is 12.0 Å². The molecule has 1 heteroatoms. The van der Waals surface area contributed by atoms with Crippen molar-refractivity contribution in [1.29, 1.82) is 0 Å². The van der Waals surface area contributed by atoms with E-state index in [1.165, 1.54) is 24.8 Å². The average Bonchev–Trinajstić information content (AvgIpc) is 2.61. The standard InChI is InChI=1S/C21H20O/c1-3-10-18(11-4-1)12-9-17-22-21-16-8-7-15-20(21)19-13-5-2-6-14-19/h1-6,10-11,13-14,20-21H,7-8,15-16H2/t20-,21+/m0/s1. The highest BCUT2D eigenvalue weighted by Crippen LogP contribution is 2.33. The van der Waals surface area contributed by atoms with Crippen molar-refractivity contribution in [2.75, 3.05) is 0 Å². The maximum absolute atomic E-state index is 5.85. The maximum atomic E-state index is 5.85. The van der Waals surface area contributed by atoms with Crippen LogP contribution < -0.4 is 0 Å². The summed E-state index contributed by atoms with van der Waals surface area (Å²) in [5.41, 5.74) is 2.35. The van der Waals surface area contributed by atoms with E-state index >= 15 is 0 Å². The Kier molecular flexibility index (Phi) is 5.05. The Morgan fingerprint density at radius 2 is 1.55 bits per heavy atom. The summed E-state index contributed by atoms with van der Waals surface area (Å²) < 4.78 is 5.85. The van der Waals surface area contributed by atoms with Gasteiger partial charge < -0.3 is 4.42 Å². The second-order valence-corrected chi connectivity index (χ2v) is 5.68. The molecule has 0 N–H and O–H groups in total. The zero-order chi connectivity index (χ0) is 15.0. The minimum absolute atomic E-state index is 0.196. The molecule has 0 aliphatic heterocycles. The topological polar surface area (TPSA) is 11.3 Å². The molecule has 1 saturated carbocycles. The largest absolute Gasteiger partial charge is 0.340 e. The Bertz CT molecular complexity index is 661. The van der Waals surface area contributed by atoms with E-state index in [1.807, 2.05) is 30.3 Å². The van der Waals surface area contributed by atoms with Crippen molar-refractivity contribution < 1.29 is 4.42 Å². The molecule has 1 aliphatic rings. The van der Waals surface area contributed by atoms with E-state index in [-0.39, 0.29) is 6.10 Å². The van der Waals surface area contributed by atoms with Gasteiger partial charge in [0.1, 0.15) is 0 Å². The summed E-state index contributed by atoms with van der Waals surface area (Å²) in [5, 5.41) is 0. The average molecular weight is 288 g/mol. The fourth-order valence-corrected chi connectivity index (χ4v) is 3.04. The lowest BCUT2D eigenvalue weighted by Crippen LogP contribution is -2.23. The molecule has 1 nitrogen and oxygen atoms in total. The van der Waals surface area contributed by atoms with Crippen molar-refractivity contribution in [2.24, 2.45) is 0 Å². The van der Waals surface area contributed by atoms with E-state index in [9.17, 15) is 0 Å². The fourth-order valence-electron chi connectivity index (χ4n) is 3.04. The van der Waals surface area contributed by atoms with Gasteiger partial charge in [-0.3, -0.25) is 5.92 Å². The van der Waals surface area contributed by atoms with Gasteiger partial charge in [-0.1, -0.05) is 72.6 Å². The van der Waals surface area contributed by atoms with Crippen molar-refractivity contribution in [3.63, 3.8) is 0 Å². The lowest BCUT2D eigenvalue weighted by atomic mass is 9.82. The molecule has 0 heterocycles. The summed E-state index contributed by atoms with van der Waals surface area (Å²) in [6.07, 6.45) is 7.80. The van der Waals surface area contributed by atoms with E-state index in [2.05, 4.69) is 48.5 Å². The van der Waals surface area contributed by atoms with Gasteiger partial charge in [0.25, 0.3) is 12.4 Å². The molecule has 2 atom stereocenters. The van der Waals surface area contributed by atoms with Crippen molar-refractivity contribution in [1.82, 2.24) is 0 Å². The van der Waals surface area contributed by atoms with Crippen molar-refractivity contribution >= 4 is 6.29 Å². The van der Waals surface area contributed by atoms with E-state index in [1.54, 1.807) is 0 Å². The smallest absolute Gasteiger partial charge is 0.273 e. The summed E-state index contributed by atoms with van der Waals surface area (Å²) >= 11 is 0. The van der Waals surface area contributed by atoms with E-state index in [4.69, 9.17) is 4.42 Å². The summed E-state index contributed by atoms with van der Waals surface area (Å²) in [7, 11) is 0. The fraction of sp³-hybridized carbons (Fsp3) is 0.286. The third-order valence-corrected chi connectivity index (χ3v) is 4.17. The van der Waals surface area contributed by atoms with Crippen LogP contribution in [0.15, 0.2) is 60.7 Å². The second-order valence-electron chi connectivity index (χ2n) is 5.68. The molecule has 1 aliphatic carbocycles. The van der Waals surface area contributed by atoms with Gasteiger partial charge in [0.05, 0.1) is 5.92 Å². The second kappa shape index (κ2) is 7.61. The first kappa shape index (κ1) is 14.6. The first-order valence-corrected chi connectivity index (χ1v) is 7.95. The zero-order valence-electron chi connectivity index (χ0n) is 12.7. The predicted octanol–water partition coefficient (Wildman–Crippen LogP) is 4.41. The summed E-state index contributed by atoms with van der Waals surface area (Å²) in [4.78, 5) is 0. The molecule has 3 rings (SSSR count). The van der Waals surface area contributed by atoms with Crippen LogP contribution in [-0.4, -0.2) is 12.4 Å². The quantitative estimate of drug-likeness (QED) is 0.440. The van der Waals surface area contributed by atoms with Gasteiger partial charge in [0, 0.05) is 6.42 Å². The Morgan fingerprint density at radius 1 is 0.864 bits per heavy atom. The predicted molar refractivity (Wildman–Crippen MR) is 90.5 cm³/mol. The van der Waals surface area contributed by atoms with Gasteiger partial charge in [-0.2, -0.15) is 5.92 Å². The van der Waals surface area contributed by atoms with Crippen molar-refractivity contribution in [3.05, 3.63) is 71.8 Å². The molecular weight excluding hydrogens is 268 g/mol. The van der Waals surface area contributed by atoms with Gasteiger partial charge in [-0.25, -0.2) is 0 Å². The summed E-state index contributed by atoms with van der Waals surface area (Å²) in [5.74, 6) is 6.41. The highest BCUT2D eigenvalue weighted by atomic mass is 16.4. The third-order valence-electron chi connectivity index (χ3n) is 4.17. The zero-order valence-corrected chi connectivity index (χ0v) is 12.7. The molecule has 1 fully saturated rings. The van der Waals surface area contributed by atoms with Gasteiger partial charge in [0.2, 0.25) is 0 Å². The molecule has 0 bridgehead atoms. The molecule has 110 valence electrons. The molecule has 2 aromatic rings. The summed E-state index contributed by atoms with van der Waals surface area (Å²) in [6.45, 7) is 0. The SMILES string of the molecule is C(#Cc1ccccc1)[C-]=[O+][C@@H]1CCCC[C@H]1c1ccccc1. The van der Waals surface area contributed by atoms with Crippen LogP contribution >= 0.6 is 0 Å². The number of hydrogen-bond acceptors (Lipinski definition) is 0. The van der Waals surface area contributed by atoms with Gasteiger partial charge >= 0.3 is 0 Å². The third kappa shape index (κ3) is 3.86. The van der Waals surface area contributed by atoms with Gasteiger partial charge in [-0.05, 0) is 18.4 Å². The number of carbonyl (C=O) groups excluding carboxylic acids is 1. The monoisotopic (exact) mass is 288 g/mol. The number of benzene rings is 2. The van der Waals surface area contributed by atoms with Crippen molar-refractivity contribution in [3.8, 4) is 11.8 Å². The minimum atomic E-state index is 0.196. The van der Waals surface area contributed by atoms with Gasteiger partial charge in [0.15, 0.2) is 0 Å². The molecule has 0 amide bonds. The van der Waals surface area contributed by atoms with Crippen LogP contribution in [0.4, 0.5) is 0 Å². The molecule has 2 aromatic carbocycles. The number of hydrogen-bond donors (Lipinski definition) is 0. The normalized spacial score (nSPS) is 21.3. The van der Waals surface area contributed by atoms with Crippen LogP contribution in [0.5, 0.6) is 0 Å². The first-order chi connectivity index (χ1) is 10.9. The van der Waals surface area contributed by atoms with E-state index < -0.39 is 0 Å². The lowest BCUT2D eigenvalue weighted by molar-refractivity contribution is -0.0218. The Balaban J connectivity index is 1.70. The van der Waals surface area contributed by atoms with Crippen LogP contribution in [0, 0.1) is 11.8 Å². The Labute approximate surface area is 132 Å². The van der Waals surface area contributed by atoms with E-state index in [0.29, 0.717) is 5.92 Å². The van der Waals surface area contributed by atoms with Gasteiger partial charge in [-0.15, -0.1) is 0 Å². The first-order valence-electron chi connectivity index (χ1n) is 7.95. The molecule has 0 spiro atoms. The summed E-state index contributed by atoms with van der Waals surface area (Å²) in [6, 6.07) is 20.6. The molecule has 0 radical (unpaired) electrons. The molecule has 0 saturated heterocycles. The highest BCUT2D eigenvalue weighted by Gasteiger charge is 2.32. The van der Waals surface area contributed by atoms with Crippen LogP contribution in [0.1, 0.15) is 42.7 Å².